The van der Waals surface area contributed by atoms with Gasteiger partial charge in [-0.3, -0.25) is 9.59 Å². The summed E-state index contributed by atoms with van der Waals surface area (Å²) < 4.78 is 0. The molecule has 0 unspecified atom stereocenters. The Labute approximate surface area is 187 Å². The number of nitrogens with zero attached hydrogens (tertiary/aromatic N) is 1. The Hall–Kier alpha value is -3.10. The van der Waals surface area contributed by atoms with Crippen molar-refractivity contribution in [3.05, 3.63) is 68.8 Å². The molecular weight excluding hydrogens is 430 g/mol. The number of hydrogen-bond donors (Lipinski definition) is 3. The van der Waals surface area contributed by atoms with Gasteiger partial charge in [0.2, 0.25) is 5.91 Å². The highest BCUT2D eigenvalue weighted by atomic mass is 32.2. The molecule has 0 aliphatic rings. The van der Waals surface area contributed by atoms with E-state index in [4.69, 9.17) is 0 Å². The van der Waals surface area contributed by atoms with Crippen molar-refractivity contribution in [3.8, 4) is 16.9 Å². The van der Waals surface area contributed by atoms with Gasteiger partial charge in [0.1, 0.15) is 10.6 Å². The molecule has 2 heterocycles. The van der Waals surface area contributed by atoms with Gasteiger partial charge in [0.25, 0.3) is 5.56 Å². The second kappa shape index (κ2) is 8.56. The second-order valence-electron chi connectivity index (χ2n) is 7.36. The van der Waals surface area contributed by atoms with E-state index in [9.17, 15) is 14.7 Å². The van der Waals surface area contributed by atoms with E-state index in [-0.39, 0.29) is 23.0 Å². The van der Waals surface area contributed by atoms with Crippen LogP contribution in [0.25, 0.3) is 21.3 Å². The number of H-pyrrole nitrogens is 1. The zero-order valence-electron chi connectivity index (χ0n) is 17.3. The minimum atomic E-state index is -0.296. The molecule has 0 saturated heterocycles. The van der Waals surface area contributed by atoms with Crippen molar-refractivity contribution in [1.29, 1.82) is 0 Å². The number of hydrogen-bond acceptors (Lipinski definition) is 6. The lowest BCUT2D eigenvalue weighted by Crippen LogP contribution is -2.15. The molecule has 3 N–H and O–H groups in total. The maximum Gasteiger partial charge on any atom is 0.260 e. The van der Waals surface area contributed by atoms with Crippen LogP contribution >= 0.6 is 23.1 Å². The first-order valence-corrected chi connectivity index (χ1v) is 11.5. The summed E-state index contributed by atoms with van der Waals surface area (Å²) in [5.41, 5.74) is 5.28. The maximum atomic E-state index is 12.8. The Balaban J connectivity index is 1.53. The molecule has 0 aliphatic heterocycles. The van der Waals surface area contributed by atoms with Crippen LogP contribution < -0.4 is 10.9 Å². The van der Waals surface area contributed by atoms with Gasteiger partial charge in [-0.15, -0.1) is 11.3 Å². The van der Waals surface area contributed by atoms with Crippen molar-refractivity contribution >= 4 is 44.9 Å². The van der Waals surface area contributed by atoms with E-state index in [0.717, 1.165) is 28.5 Å². The smallest absolute Gasteiger partial charge is 0.260 e. The number of rotatable bonds is 5. The summed E-state index contributed by atoms with van der Waals surface area (Å²) in [5.74, 6) is -0.234. The van der Waals surface area contributed by atoms with Crippen LogP contribution in [0.2, 0.25) is 0 Å². The molecule has 0 spiro atoms. The fourth-order valence-electron chi connectivity index (χ4n) is 3.19. The molecule has 31 heavy (non-hydrogen) atoms. The molecule has 4 aromatic rings. The number of aromatic hydroxyl groups is 1. The molecule has 2 aromatic heterocycles. The number of aromatic nitrogens is 2. The molecule has 1 amide bonds. The van der Waals surface area contributed by atoms with Gasteiger partial charge in [0.15, 0.2) is 5.16 Å². The number of nitrogens with one attached hydrogen (secondary N) is 2. The first-order chi connectivity index (χ1) is 14.8. The van der Waals surface area contributed by atoms with Crippen molar-refractivity contribution in [1.82, 2.24) is 9.97 Å². The third-order valence-corrected chi connectivity index (χ3v) is 6.75. The zero-order valence-corrected chi connectivity index (χ0v) is 18.9. The van der Waals surface area contributed by atoms with Gasteiger partial charge in [0.05, 0.1) is 16.8 Å². The molecule has 0 radical (unpaired) electrons. The number of fused-ring (bicyclic) bond motifs is 1. The number of aromatic amines is 1. The predicted octanol–water partition coefficient (Wildman–Crippen LogP) is 5.01. The van der Waals surface area contributed by atoms with Gasteiger partial charge in [-0.2, -0.15) is 0 Å². The Morgan fingerprint density at radius 2 is 1.97 bits per heavy atom. The third-order valence-electron chi connectivity index (χ3n) is 5.01. The number of phenolic OH excluding ortho intramolecular Hbond substituents is 1. The molecule has 8 heteroatoms. The van der Waals surface area contributed by atoms with Crippen LogP contribution in [-0.4, -0.2) is 26.7 Å². The van der Waals surface area contributed by atoms with Crippen LogP contribution in [-0.2, 0) is 4.79 Å². The first kappa shape index (κ1) is 21.1. The number of carbonyl (C=O) groups is 1. The lowest BCUT2D eigenvalue weighted by Gasteiger charge is -2.08. The van der Waals surface area contributed by atoms with Crippen LogP contribution in [0.1, 0.15) is 16.7 Å². The lowest BCUT2D eigenvalue weighted by molar-refractivity contribution is -0.113. The molecule has 158 valence electrons. The van der Waals surface area contributed by atoms with Crippen LogP contribution in [0.4, 0.5) is 5.69 Å². The van der Waals surface area contributed by atoms with E-state index in [1.165, 1.54) is 28.5 Å². The highest BCUT2D eigenvalue weighted by Gasteiger charge is 2.15. The van der Waals surface area contributed by atoms with Crippen LogP contribution in [0.3, 0.4) is 0 Å². The second-order valence-corrected chi connectivity index (χ2v) is 9.18. The fourth-order valence-corrected chi connectivity index (χ4v) is 4.86. The van der Waals surface area contributed by atoms with Crippen molar-refractivity contribution in [2.75, 3.05) is 11.1 Å². The molecule has 6 nitrogen and oxygen atoms in total. The normalized spacial score (nSPS) is 11.1. The topological polar surface area (TPSA) is 95.1 Å². The maximum absolute atomic E-state index is 12.8. The number of thiophene rings is 1. The van der Waals surface area contributed by atoms with Gasteiger partial charge in [-0.1, -0.05) is 36.0 Å². The average molecular weight is 452 g/mol. The highest BCUT2D eigenvalue weighted by molar-refractivity contribution is 7.99. The lowest BCUT2D eigenvalue weighted by atomic mass is 10.0. The monoisotopic (exact) mass is 451 g/mol. The summed E-state index contributed by atoms with van der Waals surface area (Å²) in [6.07, 6.45) is 0. The standard InChI is InChI=1S/C23H21N3O3S2/c1-12-4-7-18(27)17(8-12)24-19(28)11-31-23-25-21(29)20-16(10-30-22(20)26-23)15-6-5-13(2)14(3)9-15/h4-10,27H,11H2,1-3H3,(H,24,28)(H,25,26,29). The number of amides is 1. The van der Waals surface area contributed by atoms with E-state index in [2.05, 4.69) is 28.3 Å². The number of benzene rings is 2. The molecule has 2 aromatic carbocycles. The predicted molar refractivity (Wildman–Crippen MR) is 127 cm³/mol. The Morgan fingerprint density at radius 3 is 2.74 bits per heavy atom. The summed E-state index contributed by atoms with van der Waals surface area (Å²) in [6.45, 7) is 5.98. The quantitative estimate of drug-likeness (QED) is 0.225. The van der Waals surface area contributed by atoms with Crippen molar-refractivity contribution in [2.24, 2.45) is 0 Å². The number of carbonyl (C=O) groups excluding carboxylic acids is 1. The molecule has 0 fully saturated rings. The van der Waals surface area contributed by atoms with E-state index >= 15 is 0 Å². The van der Waals surface area contributed by atoms with Crippen LogP contribution in [0, 0.1) is 20.8 Å². The first-order valence-electron chi connectivity index (χ1n) is 9.63. The Kier molecular flexibility index (Phi) is 5.84. The summed E-state index contributed by atoms with van der Waals surface area (Å²) >= 11 is 2.55. The largest absolute Gasteiger partial charge is 0.506 e. The van der Waals surface area contributed by atoms with Crippen LogP contribution in [0.5, 0.6) is 5.75 Å². The molecule has 0 atom stereocenters. The van der Waals surface area contributed by atoms with Crippen molar-refractivity contribution < 1.29 is 9.90 Å². The summed E-state index contributed by atoms with van der Waals surface area (Å²) in [4.78, 5) is 33.0. The fraction of sp³-hybridized carbons (Fsp3) is 0.174. The van der Waals surface area contributed by atoms with E-state index < -0.39 is 0 Å². The van der Waals surface area contributed by atoms with E-state index in [1.807, 2.05) is 31.4 Å². The Morgan fingerprint density at radius 1 is 1.16 bits per heavy atom. The molecule has 0 aliphatic carbocycles. The number of aryl methyl sites for hydroxylation is 3. The molecule has 0 saturated carbocycles. The van der Waals surface area contributed by atoms with Crippen molar-refractivity contribution in [2.45, 2.75) is 25.9 Å². The summed E-state index contributed by atoms with van der Waals surface area (Å²) in [7, 11) is 0. The zero-order chi connectivity index (χ0) is 22.1. The van der Waals surface area contributed by atoms with Gasteiger partial charge in [-0.25, -0.2) is 4.98 Å². The molecule has 4 rings (SSSR count). The number of phenols is 1. The summed E-state index contributed by atoms with van der Waals surface area (Å²) in [5, 5.41) is 15.4. The molecular formula is C23H21N3O3S2. The van der Waals surface area contributed by atoms with E-state index in [1.54, 1.807) is 12.1 Å². The Bertz CT molecular complexity index is 1360. The van der Waals surface area contributed by atoms with Gasteiger partial charge in [0, 0.05) is 10.9 Å². The van der Waals surface area contributed by atoms with Crippen LogP contribution in [0.15, 0.2) is 51.7 Å². The van der Waals surface area contributed by atoms with Crippen molar-refractivity contribution in [3.63, 3.8) is 0 Å². The number of anilines is 1. The minimum Gasteiger partial charge on any atom is -0.506 e. The minimum absolute atomic E-state index is 0.00867. The highest BCUT2D eigenvalue weighted by Crippen LogP contribution is 2.32. The number of thioether (sulfide) groups is 1. The van der Waals surface area contributed by atoms with E-state index in [0.29, 0.717) is 21.1 Å². The third kappa shape index (κ3) is 4.50. The summed E-state index contributed by atoms with van der Waals surface area (Å²) in [6, 6.07) is 11.1. The average Bonchev–Trinajstić information content (AvgIpc) is 3.16. The molecule has 0 bridgehead atoms. The van der Waals surface area contributed by atoms with Gasteiger partial charge < -0.3 is 15.4 Å². The van der Waals surface area contributed by atoms with Gasteiger partial charge >= 0.3 is 0 Å². The van der Waals surface area contributed by atoms with Gasteiger partial charge in [-0.05, 0) is 55.2 Å². The SMILES string of the molecule is Cc1ccc(O)c(NC(=O)CSc2nc3scc(-c4ccc(C)c(C)c4)c3c(=O)[nH]2)c1.